The Bertz CT molecular complexity index is 563. The third-order valence-corrected chi connectivity index (χ3v) is 3.80. The van der Waals surface area contributed by atoms with Crippen molar-refractivity contribution in [3.63, 3.8) is 0 Å². The molecule has 0 bridgehead atoms. The Hall–Kier alpha value is -1.34. The molecule has 0 amide bonds. The summed E-state index contributed by atoms with van der Waals surface area (Å²) >= 11 is 0. The van der Waals surface area contributed by atoms with Gasteiger partial charge in [-0.15, -0.1) is 0 Å². The number of benzene rings is 2. The number of rotatable bonds is 0. The molecule has 2 aromatic rings. The minimum atomic E-state index is 0.250. The first-order valence-electron chi connectivity index (χ1n) is 6.30. The van der Waals surface area contributed by atoms with E-state index in [0.29, 0.717) is 0 Å². The van der Waals surface area contributed by atoms with E-state index < -0.39 is 0 Å². The molecule has 0 aromatic heterocycles. The summed E-state index contributed by atoms with van der Waals surface area (Å²) in [5, 5.41) is 2.79. The smallest absolute Gasteiger partial charge is 0.0251 e. The summed E-state index contributed by atoms with van der Waals surface area (Å²) in [6, 6.07) is 13.3. The Morgan fingerprint density at radius 2 is 1.71 bits per heavy atom. The lowest BCUT2D eigenvalue weighted by Crippen LogP contribution is -2.36. The van der Waals surface area contributed by atoms with Crippen LogP contribution < -0.4 is 0 Å². The summed E-state index contributed by atoms with van der Waals surface area (Å²) in [6.45, 7) is 9.05. The molecule has 0 radical (unpaired) electrons. The predicted molar refractivity (Wildman–Crippen MR) is 72.9 cm³/mol. The van der Waals surface area contributed by atoms with Crippen molar-refractivity contribution in [2.24, 2.45) is 0 Å². The first kappa shape index (κ1) is 10.8. The highest BCUT2D eigenvalue weighted by Crippen LogP contribution is 2.33. The van der Waals surface area contributed by atoms with Gasteiger partial charge < -0.3 is 0 Å². The Morgan fingerprint density at radius 3 is 2.47 bits per heavy atom. The summed E-state index contributed by atoms with van der Waals surface area (Å²) in [6.07, 6.45) is 0. The van der Waals surface area contributed by atoms with Gasteiger partial charge in [0.15, 0.2) is 0 Å². The van der Waals surface area contributed by atoms with Crippen molar-refractivity contribution in [2.75, 3.05) is 0 Å². The number of fused-ring (bicyclic) bond motifs is 3. The van der Waals surface area contributed by atoms with Crippen LogP contribution in [-0.4, -0.2) is 10.4 Å². The molecule has 0 aliphatic carbocycles. The van der Waals surface area contributed by atoms with E-state index in [4.69, 9.17) is 0 Å². The number of nitrogens with zero attached hydrogens (tertiary/aromatic N) is 1. The lowest BCUT2D eigenvalue weighted by atomic mass is 10.0. The van der Waals surface area contributed by atoms with E-state index >= 15 is 0 Å². The van der Waals surface area contributed by atoms with E-state index in [1.807, 2.05) is 0 Å². The molecule has 0 saturated heterocycles. The van der Waals surface area contributed by atoms with Crippen LogP contribution in [0.5, 0.6) is 0 Å². The minimum absolute atomic E-state index is 0.250. The van der Waals surface area contributed by atoms with E-state index in [-0.39, 0.29) is 5.54 Å². The van der Waals surface area contributed by atoms with Gasteiger partial charge in [0.1, 0.15) is 0 Å². The molecule has 3 rings (SSSR count). The van der Waals surface area contributed by atoms with Gasteiger partial charge in [0.2, 0.25) is 0 Å². The van der Waals surface area contributed by atoms with Gasteiger partial charge in [0, 0.05) is 18.6 Å². The quantitative estimate of drug-likeness (QED) is 0.656. The summed E-state index contributed by atoms with van der Waals surface area (Å²) < 4.78 is 0. The van der Waals surface area contributed by atoms with E-state index in [9.17, 15) is 0 Å². The highest BCUT2D eigenvalue weighted by atomic mass is 15.2. The van der Waals surface area contributed by atoms with Crippen LogP contribution in [0.25, 0.3) is 10.8 Å². The summed E-state index contributed by atoms with van der Waals surface area (Å²) in [4.78, 5) is 2.55. The van der Waals surface area contributed by atoms with E-state index in [0.717, 1.165) is 13.1 Å². The van der Waals surface area contributed by atoms with Crippen LogP contribution in [0, 0.1) is 0 Å². The van der Waals surface area contributed by atoms with Gasteiger partial charge in [-0.25, -0.2) is 0 Å². The molecule has 0 atom stereocenters. The SMILES string of the molecule is CC(C)(C)N1Cc2ccc3ccccc3c2C1. The van der Waals surface area contributed by atoms with Gasteiger partial charge in [0.05, 0.1) is 0 Å². The molecule has 0 saturated carbocycles. The lowest BCUT2D eigenvalue weighted by Gasteiger charge is -2.31. The summed E-state index contributed by atoms with van der Waals surface area (Å²) in [7, 11) is 0. The Morgan fingerprint density at radius 1 is 0.941 bits per heavy atom. The zero-order chi connectivity index (χ0) is 12.0. The lowest BCUT2D eigenvalue weighted by molar-refractivity contribution is 0.136. The standard InChI is InChI=1S/C16H19N/c1-16(2,3)17-10-13-9-8-12-6-4-5-7-14(12)15(13)11-17/h4-9H,10-11H2,1-3H3. The van der Waals surface area contributed by atoms with E-state index in [1.54, 1.807) is 0 Å². The molecule has 0 unspecified atom stereocenters. The van der Waals surface area contributed by atoms with Crippen molar-refractivity contribution in [3.8, 4) is 0 Å². The average molecular weight is 225 g/mol. The fraction of sp³-hybridized carbons (Fsp3) is 0.375. The third-order valence-electron chi connectivity index (χ3n) is 3.80. The molecule has 0 fully saturated rings. The third kappa shape index (κ3) is 1.75. The molecule has 88 valence electrons. The van der Waals surface area contributed by atoms with Gasteiger partial charge in [0.25, 0.3) is 0 Å². The fourth-order valence-electron chi connectivity index (χ4n) is 2.64. The molecule has 2 aromatic carbocycles. The van der Waals surface area contributed by atoms with E-state index in [2.05, 4.69) is 62.1 Å². The van der Waals surface area contributed by atoms with Crippen molar-refractivity contribution in [1.29, 1.82) is 0 Å². The van der Waals surface area contributed by atoms with Crippen molar-refractivity contribution >= 4 is 10.8 Å². The first-order valence-corrected chi connectivity index (χ1v) is 6.30. The maximum absolute atomic E-state index is 2.55. The van der Waals surface area contributed by atoms with E-state index in [1.165, 1.54) is 21.9 Å². The Kier molecular flexibility index (Phi) is 2.27. The van der Waals surface area contributed by atoms with Crippen LogP contribution in [0.15, 0.2) is 36.4 Å². The second-order valence-electron chi connectivity index (χ2n) is 5.95. The van der Waals surface area contributed by atoms with Gasteiger partial charge >= 0.3 is 0 Å². The topological polar surface area (TPSA) is 3.24 Å². The van der Waals surface area contributed by atoms with Crippen LogP contribution in [0.3, 0.4) is 0 Å². The number of hydrogen-bond donors (Lipinski definition) is 0. The van der Waals surface area contributed by atoms with Crippen molar-refractivity contribution in [3.05, 3.63) is 47.5 Å². The second-order valence-corrected chi connectivity index (χ2v) is 5.95. The summed E-state index contributed by atoms with van der Waals surface area (Å²) in [5.74, 6) is 0. The van der Waals surface area contributed by atoms with Crippen LogP contribution in [0.1, 0.15) is 31.9 Å². The maximum atomic E-state index is 2.55. The molecule has 1 aliphatic heterocycles. The zero-order valence-corrected chi connectivity index (χ0v) is 10.8. The fourth-order valence-corrected chi connectivity index (χ4v) is 2.64. The number of hydrogen-bond acceptors (Lipinski definition) is 1. The van der Waals surface area contributed by atoms with Crippen molar-refractivity contribution < 1.29 is 0 Å². The molecule has 0 N–H and O–H groups in total. The second kappa shape index (κ2) is 3.58. The van der Waals surface area contributed by atoms with Crippen LogP contribution in [0.2, 0.25) is 0 Å². The minimum Gasteiger partial charge on any atom is -0.290 e. The summed E-state index contributed by atoms with van der Waals surface area (Å²) in [5.41, 5.74) is 3.27. The Balaban J connectivity index is 2.11. The van der Waals surface area contributed by atoms with Crippen molar-refractivity contribution in [2.45, 2.75) is 39.4 Å². The van der Waals surface area contributed by atoms with Gasteiger partial charge in [-0.1, -0.05) is 36.4 Å². The largest absolute Gasteiger partial charge is 0.290 e. The molecule has 1 nitrogen and oxygen atoms in total. The molecule has 1 aliphatic rings. The van der Waals surface area contributed by atoms with Gasteiger partial charge in [-0.2, -0.15) is 0 Å². The van der Waals surface area contributed by atoms with Crippen molar-refractivity contribution in [1.82, 2.24) is 4.90 Å². The van der Waals surface area contributed by atoms with Gasteiger partial charge in [-0.05, 0) is 42.7 Å². The molecule has 1 heteroatoms. The monoisotopic (exact) mass is 225 g/mol. The van der Waals surface area contributed by atoms with Crippen LogP contribution >= 0.6 is 0 Å². The highest BCUT2D eigenvalue weighted by molar-refractivity contribution is 5.87. The highest BCUT2D eigenvalue weighted by Gasteiger charge is 2.28. The molecule has 1 heterocycles. The predicted octanol–water partition coefficient (Wildman–Crippen LogP) is 3.95. The van der Waals surface area contributed by atoms with Crippen LogP contribution in [0.4, 0.5) is 0 Å². The molecular formula is C16H19N. The molecular weight excluding hydrogens is 206 g/mol. The first-order chi connectivity index (χ1) is 8.05. The molecule has 17 heavy (non-hydrogen) atoms. The zero-order valence-electron chi connectivity index (χ0n) is 10.8. The maximum Gasteiger partial charge on any atom is 0.0251 e. The molecule has 0 spiro atoms. The average Bonchev–Trinajstić information content (AvgIpc) is 2.72. The Labute approximate surface area is 103 Å². The van der Waals surface area contributed by atoms with Crippen LogP contribution in [-0.2, 0) is 13.1 Å². The normalized spacial score (nSPS) is 16.4. The van der Waals surface area contributed by atoms with Gasteiger partial charge in [-0.3, -0.25) is 4.90 Å².